The molecule has 2 amide bonds. The number of carbonyl (C=O) groups excluding carboxylic acids is 2. The van der Waals surface area contributed by atoms with Crippen molar-refractivity contribution in [2.75, 3.05) is 13.7 Å². The molecule has 162 valence electrons. The number of terminal acetylenes is 1. The van der Waals surface area contributed by atoms with Crippen molar-refractivity contribution in [2.24, 2.45) is 11.0 Å². The molecule has 0 aliphatic rings. The number of nitrogens with zero attached hydrogens (tertiary/aromatic N) is 1. The fraction of sp³-hybridized carbons (Fsp3) is 0.261. The molecule has 7 nitrogen and oxygen atoms in total. The quantitative estimate of drug-likeness (QED) is 0.367. The van der Waals surface area contributed by atoms with Gasteiger partial charge in [0.1, 0.15) is 18.5 Å². The number of methoxy groups -OCH3 is 1. The van der Waals surface area contributed by atoms with Gasteiger partial charge in [0.2, 0.25) is 0 Å². The van der Waals surface area contributed by atoms with Crippen LogP contribution >= 0.6 is 0 Å². The van der Waals surface area contributed by atoms with Gasteiger partial charge in [-0.3, -0.25) is 9.59 Å². The maximum atomic E-state index is 13.0. The monoisotopic (exact) mass is 425 g/mol. The van der Waals surface area contributed by atoms with Gasteiger partial charge in [0, 0.05) is 5.56 Å². The second-order valence-corrected chi connectivity index (χ2v) is 6.84. The third-order valence-corrected chi connectivity index (χ3v) is 4.23. The summed E-state index contributed by atoms with van der Waals surface area (Å²) in [4.78, 5) is 24.9. The fourth-order valence-electron chi connectivity index (χ4n) is 2.60. The van der Waals surface area contributed by atoms with Gasteiger partial charge in [-0.1, -0.05) is 19.8 Å². The predicted molar refractivity (Wildman–Crippen MR) is 116 cm³/mol. The van der Waals surface area contributed by atoms with Gasteiger partial charge in [-0.2, -0.15) is 5.10 Å². The largest absolute Gasteiger partial charge is 0.493 e. The molecule has 0 bridgehead atoms. The molecule has 0 spiro atoms. The van der Waals surface area contributed by atoms with Crippen molar-refractivity contribution in [1.29, 1.82) is 0 Å². The topological polar surface area (TPSA) is 89.0 Å². The summed E-state index contributed by atoms with van der Waals surface area (Å²) in [6.45, 7) is 3.69. The molecule has 0 aliphatic carbocycles. The summed E-state index contributed by atoms with van der Waals surface area (Å²) in [5.41, 5.74) is 3.33. The van der Waals surface area contributed by atoms with Crippen LogP contribution in [0.4, 0.5) is 4.39 Å². The maximum Gasteiger partial charge on any atom is 0.262 e. The zero-order valence-electron chi connectivity index (χ0n) is 17.5. The minimum atomic E-state index is -0.830. The Morgan fingerprint density at radius 1 is 1.19 bits per heavy atom. The molecule has 2 N–H and O–H groups in total. The van der Waals surface area contributed by atoms with E-state index in [2.05, 4.69) is 21.8 Å². The van der Waals surface area contributed by atoms with Crippen LogP contribution in [0.5, 0.6) is 11.5 Å². The number of nitrogens with one attached hydrogen (secondary N) is 2. The van der Waals surface area contributed by atoms with Crippen LogP contribution in [0.3, 0.4) is 0 Å². The van der Waals surface area contributed by atoms with E-state index >= 15 is 0 Å². The second kappa shape index (κ2) is 11.4. The van der Waals surface area contributed by atoms with Crippen LogP contribution in [0.2, 0.25) is 0 Å². The molecule has 0 aliphatic heterocycles. The number of ether oxygens (including phenoxy) is 2. The molecule has 31 heavy (non-hydrogen) atoms. The first kappa shape index (κ1) is 23.4. The van der Waals surface area contributed by atoms with Gasteiger partial charge in [-0.25, -0.2) is 9.82 Å². The number of carbonyl (C=O) groups is 2. The summed E-state index contributed by atoms with van der Waals surface area (Å²) >= 11 is 0. The first-order chi connectivity index (χ1) is 14.8. The molecular formula is C23H24FN3O4. The fourth-order valence-corrected chi connectivity index (χ4v) is 2.60. The Morgan fingerprint density at radius 3 is 2.52 bits per heavy atom. The van der Waals surface area contributed by atoms with E-state index < -0.39 is 23.7 Å². The highest BCUT2D eigenvalue weighted by Gasteiger charge is 2.24. The highest BCUT2D eigenvalue weighted by atomic mass is 19.1. The Morgan fingerprint density at radius 2 is 1.90 bits per heavy atom. The smallest absolute Gasteiger partial charge is 0.262 e. The van der Waals surface area contributed by atoms with E-state index in [1.807, 2.05) is 0 Å². The molecule has 0 fully saturated rings. The van der Waals surface area contributed by atoms with E-state index in [1.165, 1.54) is 37.6 Å². The van der Waals surface area contributed by atoms with Crippen LogP contribution in [0.15, 0.2) is 47.6 Å². The molecule has 0 saturated carbocycles. The van der Waals surface area contributed by atoms with Crippen molar-refractivity contribution in [2.45, 2.75) is 19.9 Å². The average Bonchev–Trinajstić information content (AvgIpc) is 2.76. The molecule has 2 aromatic rings. The van der Waals surface area contributed by atoms with Gasteiger partial charge in [0.25, 0.3) is 11.8 Å². The third kappa shape index (κ3) is 6.85. The van der Waals surface area contributed by atoms with Crippen LogP contribution in [0, 0.1) is 24.1 Å². The number of rotatable bonds is 9. The minimum absolute atomic E-state index is 0.111. The molecule has 2 rings (SSSR count). The first-order valence-corrected chi connectivity index (χ1v) is 9.49. The van der Waals surface area contributed by atoms with E-state index in [9.17, 15) is 14.0 Å². The summed E-state index contributed by atoms with van der Waals surface area (Å²) in [6, 6.07) is 9.31. The Kier molecular flexibility index (Phi) is 8.58. The van der Waals surface area contributed by atoms with Crippen molar-refractivity contribution >= 4 is 18.0 Å². The van der Waals surface area contributed by atoms with E-state index in [-0.39, 0.29) is 18.1 Å². The molecular weight excluding hydrogens is 401 g/mol. The van der Waals surface area contributed by atoms with Crippen molar-refractivity contribution in [3.8, 4) is 23.8 Å². The van der Waals surface area contributed by atoms with Gasteiger partial charge >= 0.3 is 0 Å². The Labute approximate surface area is 180 Å². The molecule has 0 radical (unpaired) electrons. The number of benzene rings is 2. The van der Waals surface area contributed by atoms with Crippen LogP contribution in [0.25, 0.3) is 0 Å². The number of hydrazone groups is 1. The Balaban J connectivity index is 2.02. The van der Waals surface area contributed by atoms with Gasteiger partial charge in [-0.05, 0) is 53.9 Å². The number of halogens is 1. The van der Waals surface area contributed by atoms with E-state index in [0.29, 0.717) is 17.1 Å². The second-order valence-electron chi connectivity index (χ2n) is 6.84. The lowest BCUT2D eigenvalue weighted by Gasteiger charge is -2.20. The van der Waals surface area contributed by atoms with Crippen molar-refractivity contribution < 1.29 is 23.5 Å². The average molecular weight is 425 g/mol. The number of hydrogen-bond donors (Lipinski definition) is 2. The first-order valence-electron chi connectivity index (χ1n) is 9.49. The highest BCUT2D eigenvalue weighted by Crippen LogP contribution is 2.27. The normalized spacial score (nSPS) is 11.6. The van der Waals surface area contributed by atoms with Crippen molar-refractivity contribution in [3.63, 3.8) is 0 Å². The van der Waals surface area contributed by atoms with Crippen molar-refractivity contribution in [1.82, 2.24) is 10.7 Å². The summed E-state index contributed by atoms with van der Waals surface area (Å²) < 4.78 is 23.7. The highest BCUT2D eigenvalue weighted by molar-refractivity contribution is 5.97. The van der Waals surface area contributed by atoms with Gasteiger partial charge in [0.05, 0.1) is 13.3 Å². The summed E-state index contributed by atoms with van der Waals surface area (Å²) in [7, 11) is 1.50. The molecule has 1 unspecified atom stereocenters. The van der Waals surface area contributed by atoms with Crippen LogP contribution in [0.1, 0.15) is 29.8 Å². The van der Waals surface area contributed by atoms with Gasteiger partial charge < -0.3 is 14.8 Å². The lowest BCUT2D eigenvalue weighted by atomic mass is 10.0. The molecule has 1 atom stereocenters. The zero-order chi connectivity index (χ0) is 22.8. The summed E-state index contributed by atoms with van der Waals surface area (Å²) in [5, 5.41) is 6.60. The lowest BCUT2D eigenvalue weighted by Crippen LogP contribution is -2.48. The summed E-state index contributed by atoms with van der Waals surface area (Å²) in [6.07, 6.45) is 6.62. The molecule has 0 heterocycles. The van der Waals surface area contributed by atoms with Gasteiger partial charge in [0.15, 0.2) is 11.5 Å². The molecule has 8 heteroatoms. The van der Waals surface area contributed by atoms with E-state index in [0.717, 1.165) is 0 Å². The van der Waals surface area contributed by atoms with Crippen LogP contribution in [-0.2, 0) is 4.79 Å². The van der Waals surface area contributed by atoms with Crippen LogP contribution < -0.4 is 20.2 Å². The van der Waals surface area contributed by atoms with Crippen LogP contribution in [-0.4, -0.2) is 37.8 Å². The third-order valence-electron chi connectivity index (χ3n) is 4.23. The summed E-state index contributed by atoms with van der Waals surface area (Å²) in [5.74, 6) is 1.72. The minimum Gasteiger partial charge on any atom is -0.493 e. The van der Waals surface area contributed by atoms with E-state index in [1.54, 1.807) is 32.0 Å². The Hall–Kier alpha value is -3.86. The molecule has 0 saturated heterocycles. The van der Waals surface area contributed by atoms with E-state index in [4.69, 9.17) is 15.9 Å². The number of hydrogen-bond acceptors (Lipinski definition) is 5. The van der Waals surface area contributed by atoms with Gasteiger partial charge in [-0.15, -0.1) is 6.42 Å². The predicted octanol–water partition coefficient (Wildman–Crippen LogP) is 2.75. The Bertz CT molecular complexity index is 981. The molecule has 0 aromatic heterocycles. The zero-order valence-corrected chi connectivity index (χ0v) is 17.5. The van der Waals surface area contributed by atoms with Crippen molar-refractivity contribution in [3.05, 3.63) is 59.4 Å². The standard InChI is InChI=1S/C23H24FN3O4/c1-5-12-31-19-11-6-16(13-20(19)30-4)14-25-27-23(29)21(15(2)3)26-22(28)17-7-9-18(24)10-8-17/h1,6-11,13-15,21H,12H2,2-4H3,(H,26,28)(H,27,29)/b25-14+. The SMILES string of the molecule is C#CCOc1ccc(/C=N/NC(=O)C(NC(=O)c2ccc(F)cc2)C(C)C)cc1OC. The lowest BCUT2D eigenvalue weighted by molar-refractivity contribution is -0.123. The number of amides is 2. The molecule has 2 aromatic carbocycles. The maximum absolute atomic E-state index is 13.0.